The van der Waals surface area contributed by atoms with Gasteiger partial charge < -0.3 is 9.47 Å². The van der Waals surface area contributed by atoms with E-state index in [-0.39, 0.29) is 5.78 Å². The monoisotopic (exact) mass is 549 g/mol. The highest BCUT2D eigenvalue weighted by Crippen LogP contribution is 2.39. The van der Waals surface area contributed by atoms with E-state index in [0.29, 0.717) is 18.4 Å². The first-order valence-corrected chi connectivity index (χ1v) is 15.0. The van der Waals surface area contributed by atoms with Crippen LogP contribution in [-0.4, -0.2) is 63.3 Å². The second kappa shape index (κ2) is 13.1. The molecule has 1 aliphatic carbocycles. The summed E-state index contributed by atoms with van der Waals surface area (Å²) in [6.07, 6.45) is 5.05. The van der Waals surface area contributed by atoms with Gasteiger partial charge in [-0.2, -0.15) is 8.42 Å². The summed E-state index contributed by atoms with van der Waals surface area (Å²) in [5.74, 6) is 1.68. The molecule has 1 saturated heterocycles. The van der Waals surface area contributed by atoms with Crippen molar-refractivity contribution in [2.45, 2.75) is 25.7 Å². The minimum Gasteiger partial charge on any atom is -0.497 e. The summed E-state index contributed by atoms with van der Waals surface area (Å²) in [4.78, 5) is 16.3. The van der Waals surface area contributed by atoms with Crippen LogP contribution < -0.4 is 9.47 Å². The fourth-order valence-electron chi connectivity index (χ4n) is 5.02. The van der Waals surface area contributed by atoms with Crippen molar-refractivity contribution >= 4 is 27.0 Å². The van der Waals surface area contributed by atoms with E-state index in [2.05, 4.69) is 17.0 Å². The van der Waals surface area contributed by atoms with Crippen molar-refractivity contribution in [2.75, 3.05) is 39.6 Å². The topological polar surface area (TPSA) is 93.1 Å². The molecule has 5 rings (SSSR count). The predicted octanol–water partition coefficient (Wildman–Crippen LogP) is 5.41. The summed E-state index contributed by atoms with van der Waals surface area (Å²) in [5.41, 5.74) is 5.91. The van der Waals surface area contributed by atoms with Crippen molar-refractivity contribution in [3.63, 3.8) is 0 Å². The second-order valence-electron chi connectivity index (χ2n) is 9.72. The van der Waals surface area contributed by atoms with E-state index in [1.807, 2.05) is 60.7 Å². The number of ether oxygens (including phenoxy) is 2. The zero-order valence-corrected chi connectivity index (χ0v) is 23.2. The van der Waals surface area contributed by atoms with E-state index < -0.39 is 10.1 Å². The molecule has 0 atom stereocenters. The fourth-order valence-corrected chi connectivity index (χ4v) is 5.02. The number of likely N-dealkylation sites (tertiary alicyclic amines) is 1. The molecule has 3 aromatic rings. The number of aryl methyl sites for hydroxylation is 1. The van der Waals surface area contributed by atoms with Gasteiger partial charge in [0.05, 0.1) is 13.4 Å². The Bertz CT molecular complexity index is 1400. The highest BCUT2D eigenvalue weighted by Gasteiger charge is 2.26. The third kappa shape index (κ3) is 8.02. The Hall–Kier alpha value is -3.46. The number of hydrogen-bond acceptors (Lipinski definition) is 6. The smallest absolute Gasteiger partial charge is 0.261 e. The van der Waals surface area contributed by atoms with E-state index in [4.69, 9.17) is 14.0 Å². The van der Waals surface area contributed by atoms with Crippen molar-refractivity contribution < 1.29 is 27.2 Å². The predicted molar refractivity (Wildman–Crippen MR) is 154 cm³/mol. The van der Waals surface area contributed by atoms with Crippen LogP contribution in [0.25, 0.3) is 11.1 Å². The molecule has 8 heteroatoms. The summed E-state index contributed by atoms with van der Waals surface area (Å²) < 4.78 is 37.1. The van der Waals surface area contributed by atoms with Crippen molar-refractivity contribution in [2.24, 2.45) is 0 Å². The molecule has 2 aliphatic rings. The Morgan fingerprint density at radius 3 is 2.15 bits per heavy atom. The van der Waals surface area contributed by atoms with Gasteiger partial charge in [0.25, 0.3) is 10.1 Å². The van der Waals surface area contributed by atoms with Gasteiger partial charge in [0.2, 0.25) is 0 Å². The van der Waals surface area contributed by atoms with Crippen LogP contribution in [0.4, 0.5) is 0 Å². The lowest BCUT2D eigenvalue weighted by Crippen LogP contribution is -2.25. The molecule has 1 heterocycles. The molecule has 3 aromatic carbocycles. The number of nitrogens with zero attached hydrogens (tertiary/aromatic N) is 1. The summed E-state index contributed by atoms with van der Waals surface area (Å²) in [6.45, 7) is 3.97. The van der Waals surface area contributed by atoms with Gasteiger partial charge in [-0.1, -0.05) is 36.4 Å². The van der Waals surface area contributed by atoms with Gasteiger partial charge in [-0.25, -0.2) is 0 Å². The van der Waals surface area contributed by atoms with Crippen LogP contribution in [0.2, 0.25) is 0 Å². The molecule has 1 N–H and O–H groups in total. The number of benzene rings is 3. The third-order valence-corrected chi connectivity index (χ3v) is 6.89. The lowest BCUT2D eigenvalue weighted by Gasteiger charge is -2.23. The Labute approximate surface area is 230 Å². The van der Waals surface area contributed by atoms with Gasteiger partial charge in [-0.05, 0) is 97.4 Å². The SMILES string of the molecule is COc1ccc(C2=C(C(=O)c3ccc(OCCN4CCCC4)cc3)c3ccccc3CC2)cc1.CS(=O)(=O)O. The molecular weight excluding hydrogens is 514 g/mol. The first kappa shape index (κ1) is 28.5. The highest BCUT2D eigenvalue weighted by atomic mass is 32.2. The Morgan fingerprint density at radius 1 is 0.897 bits per heavy atom. The van der Waals surface area contributed by atoms with Crippen LogP contribution in [0.1, 0.15) is 46.3 Å². The van der Waals surface area contributed by atoms with Crippen LogP contribution in [0.3, 0.4) is 0 Å². The number of allylic oxidation sites excluding steroid dienone is 2. The van der Waals surface area contributed by atoms with E-state index in [0.717, 1.165) is 53.2 Å². The Morgan fingerprint density at radius 2 is 1.51 bits per heavy atom. The van der Waals surface area contributed by atoms with Gasteiger partial charge in [0.1, 0.15) is 18.1 Å². The molecule has 1 aliphatic heterocycles. The van der Waals surface area contributed by atoms with Crippen LogP contribution in [0, 0.1) is 0 Å². The number of carbonyl (C=O) groups excluding carboxylic acids is 1. The quantitative estimate of drug-likeness (QED) is 0.297. The van der Waals surface area contributed by atoms with Crippen molar-refractivity contribution in [3.8, 4) is 11.5 Å². The number of rotatable bonds is 8. The maximum atomic E-state index is 13.8. The number of hydrogen-bond donors (Lipinski definition) is 1. The molecule has 39 heavy (non-hydrogen) atoms. The summed E-state index contributed by atoms with van der Waals surface area (Å²) in [6, 6.07) is 23.9. The minimum atomic E-state index is -3.67. The first-order chi connectivity index (χ1) is 18.7. The van der Waals surface area contributed by atoms with Crippen LogP contribution >= 0.6 is 0 Å². The number of fused-ring (bicyclic) bond motifs is 1. The van der Waals surface area contributed by atoms with E-state index in [1.165, 1.54) is 31.5 Å². The molecule has 7 nitrogen and oxygen atoms in total. The highest BCUT2D eigenvalue weighted by molar-refractivity contribution is 7.85. The fraction of sp³-hybridized carbons (Fsp3) is 0.323. The molecule has 206 valence electrons. The maximum absolute atomic E-state index is 13.8. The summed E-state index contributed by atoms with van der Waals surface area (Å²) in [5, 5.41) is 0. The Balaban J connectivity index is 0.000000648. The zero-order chi connectivity index (χ0) is 27.8. The molecule has 0 aromatic heterocycles. The number of carbonyl (C=O) groups is 1. The minimum absolute atomic E-state index is 0.0570. The van der Waals surface area contributed by atoms with Crippen molar-refractivity contribution in [3.05, 3.63) is 95.1 Å². The Kier molecular flexibility index (Phi) is 9.56. The molecule has 0 radical (unpaired) electrons. The molecule has 0 amide bonds. The summed E-state index contributed by atoms with van der Waals surface area (Å²) in [7, 11) is -2.00. The molecular formula is C31H35NO6S. The van der Waals surface area contributed by atoms with Gasteiger partial charge in [-0.3, -0.25) is 14.2 Å². The normalized spacial score (nSPS) is 15.3. The average Bonchev–Trinajstić information content (AvgIpc) is 3.45. The zero-order valence-electron chi connectivity index (χ0n) is 22.4. The molecule has 0 unspecified atom stereocenters. The van der Waals surface area contributed by atoms with Gasteiger partial charge >= 0.3 is 0 Å². The number of methoxy groups -OCH3 is 1. The summed E-state index contributed by atoms with van der Waals surface area (Å²) >= 11 is 0. The van der Waals surface area contributed by atoms with Gasteiger partial charge in [-0.15, -0.1) is 0 Å². The average molecular weight is 550 g/mol. The van der Waals surface area contributed by atoms with Gasteiger partial charge in [0, 0.05) is 17.7 Å². The van der Waals surface area contributed by atoms with Crippen LogP contribution in [-0.2, 0) is 16.5 Å². The van der Waals surface area contributed by atoms with Crippen molar-refractivity contribution in [1.29, 1.82) is 0 Å². The lowest BCUT2D eigenvalue weighted by molar-refractivity contribution is 0.105. The molecule has 1 fully saturated rings. The molecule has 0 saturated carbocycles. The van der Waals surface area contributed by atoms with E-state index >= 15 is 0 Å². The number of ketones is 1. The second-order valence-corrected chi connectivity index (χ2v) is 11.2. The number of Topliss-reactive ketones (excluding diaryl/α,β-unsaturated/α-hetero) is 1. The first-order valence-electron chi connectivity index (χ1n) is 13.1. The third-order valence-electron chi connectivity index (χ3n) is 6.89. The maximum Gasteiger partial charge on any atom is 0.261 e. The largest absolute Gasteiger partial charge is 0.497 e. The molecule has 0 bridgehead atoms. The van der Waals surface area contributed by atoms with E-state index in [9.17, 15) is 13.2 Å². The van der Waals surface area contributed by atoms with Gasteiger partial charge in [0.15, 0.2) is 5.78 Å². The lowest BCUT2D eigenvalue weighted by atomic mass is 9.79. The standard InChI is InChI=1S/C30H31NO3.CH4O3S/c1-33-25-13-8-23(9-14-25)28-17-12-22-6-2-3-7-27(22)29(28)30(32)24-10-15-26(16-11-24)34-21-20-31-18-4-5-19-31;1-5(2,3)4/h2-3,6-11,13-16H,4-5,12,17-21H2,1H3;1H3,(H,2,3,4). The van der Waals surface area contributed by atoms with Crippen molar-refractivity contribution in [1.82, 2.24) is 4.90 Å². The van der Waals surface area contributed by atoms with E-state index in [1.54, 1.807) is 7.11 Å². The molecule has 0 spiro atoms. The van der Waals surface area contributed by atoms with Crippen LogP contribution in [0.5, 0.6) is 11.5 Å². The van der Waals surface area contributed by atoms with Crippen LogP contribution in [0.15, 0.2) is 72.8 Å².